The molecule has 30 heavy (non-hydrogen) atoms. The van der Waals surface area contributed by atoms with Gasteiger partial charge in [0.15, 0.2) is 23.3 Å². The Morgan fingerprint density at radius 3 is 1.40 bits per heavy atom. The molecule has 0 unspecified atom stereocenters. The lowest BCUT2D eigenvalue weighted by Gasteiger charge is -2.27. The first-order valence-electron chi connectivity index (χ1n) is 8.62. The van der Waals surface area contributed by atoms with Crippen LogP contribution in [-0.2, 0) is 0 Å². The molecule has 0 aromatic heterocycles. The summed E-state index contributed by atoms with van der Waals surface area (Å²) in [6.45, 7) is 0. The number of hydrazine groups is 2. The minimum atomic E-state index is -1.45. The van der Waals surface area contributed by atoms with E-state index in [9.17, 15) is 26.3 Å². The van der Waals surface area contributed by atoms with E-state index in [2.05, 4.69) is 21.5 Å². The lowest BCUT2D eigenvalue weighted by Crippen LogP contribution is -2.42. The van der Waals surface area contributed by atoms with Crippen molar-refractivity contribution in [1.82, 2.24) is 5.53 Å². The highest BCUT2D eigenvalue weighted by Gasteiger charge is 2.46. The molecule has 1 saturated heterocycles. The summed E-state index contributed by atoms with van der Waals surface area (Å²) in [6.07, 6.45) is 0. The number of nitrogens with zero attached hydrogens (tertiary/aromatic N) is 2. The summed E-state index contributed by atoms with van der Waals surface area (Å²) in [6, 6.07) is 7.73. The molecule has 0 aliphatic carbocycles. The van der Waals surface area contributed by atoms with Crippen LogP contribution in [0.25, 0.3) is 0 Å². The first kappa shape index (κ1) is 20.5. The Morgan fingerprint density at radius 1 is 0.600 bits per heavy atom. The standard InChI is InChI=1S/C20H12BrF6N3/c21-20-19(16-10(22)4-1-5-11(16)23)29(17-12(24)6-2-7-13(17)25)28-30(20)18-14(26)8-3-9-15(18)27/h1-9,19-20,28H/t19-,20-/m0/s1. The van der Waals surface area contributed by atoms with Gasteiger partial charge in [-0.05, 0) is 36.4 Å². The van der Waals surface area contributed by atoms with Gasteiger partial charge in [-0.15, -0.1) is 5.53 Å². The van der Waals surface area contributed by atoms with Crippen LogP contribution in [0.2, 0.25) is 0 Å². The number of benzene rings is 3. The van der Waals surface area contributed by atoms with Crippen LogP contribution in [0.3, 0.4) is 0 Å². The lowest BCUT2D eigenvalue weighted by molar-refractivity contribution is 0.509. The third kappa shape index (κ3) is 3.29. The van der Waals surface area contributed by atoms with Crippen molar-refractivity contribution < 1.29 is 26.3 Å². The van der Waals surface area contributed by atoms with E-state index in [1.54, 1.807) is 0 Å². The van der Waals surface area contributed by atoms with Crippen molar-refractivity contribution in [2.75, 3.05) is 10.0 Å². The molecule has 1 aliphatic heterocycles. The van der Waals surface area contributed by atoms with Gasteiger partial charge in [0.05, 0.1) is 5.56 Å². The molecular formula is C20H12BrF6N3. The smallest absolute Gasteiger partial charge is 0.150 e. The number of anilines is 2. The van der Waals surface area contributed by atoms with Crippen molar-refractivity contribution in [3.8, 4) is 0 Å². The zero-order valence-corrected chi connectivity index (χ0v) is 16.5. The molecule has 2 atom stereocenters. The summed E-state index contributed by atoms with van der Waals surface area (Å²) in [4.78, 5) is -1.23. The molecule has 0 radical (unpaired) electrons. The second-order valence-electron chi connectivity index (χ2n) is 6.43. The second kappa shape index (κ2) is 7.84. The maximum absolute atomic E-state index is 14.6. The first-order valence-corrected chi connectivity index (χ1v) is 9.53. The first-order chi connectivity index (χ1) is 14.3. The zero-order chi connectivity index (χ0) is 21.6. The van der Waals surface area contributed by atoms with Gasteiger partial charge in [0, 0.05) is 0 Å². The predicted molar refractivity (Wildman–Crippen MR) is 103 cm³/mol. The molecule has 156 valence electrons. The monoisotopic (exact) mass is 487 g/mol. The minimum absolute atomic E-state index is 0.547. The van der Waals surface area contributed by atoms with Gasteiger partial charge in [0.1, 0.15) is 34.0 Å². The Kier molecular flexibility index (Phi) is 5.37. The van der Waals surface area contributed by atoms with Gasteiger partial charge in [0.25, 0.3) is 0 Å². The summed E-state index contributed by atoms with van der Waals surface area (Å²) < 4.78 is 87.0. The van der Waals surface area contributed by atoms with Crippen molar-refractivity contribution >= 4 is 27.3 Å². The fourth-order valence-corrected chi connectivity index (χ4v) is 4.16. The van der Waals surface area contributed by atoms with Crippen LogP contribution < -0.4 is 15.6 Å². The largest absolute Gasteiger partial charge is 0.274 e. The molecule has 10 heteroatoms. The highest BCUT2D eigenvalue weighted by atomic mass is 79.9. The van der Waals surface area contributed by atoms with Crippen molar-refractivity contribution in [3.05, 3.63) is 95.1 Å². The quantitative estimate of drug-likeness (QED) is 0.289. The second-order valence-corrected chi connectivity index (χ2v) is 7.37. The van der Waals surface area contributed by atoms with Gasteiger partial charge in [-0.25, -0.2) is 26.3 Å². The van der Waals surface area contributed by atoms with Crippen LogP contribution in [0.15, 0.2) is 54.6 Å². The van der Waals surface area contributed by atoms with E-state index >= 15 is 0 Å². The highest BCUT2D eigenvalue weighted by molar-refractivity contribution is 9.09. The number of nitrogens with one attached hydrogen (secondary N) is 1. The summed E-state index contributed by atoms with van der Waals surface area (Å²) in [7, 11) is 0. The van der Waals surface area contributed by atoms with Crippen LogP contribution in [0.5, 0.6) is 0 Å². The van der Waals surface area contributed by atoms with Gasteiger partial charge in [0.2, 0.25) is 0 Å². The normalized spacial score (nSPS) is 18.9. The highest BCUT2D eigenvalue weighted by Crippen LogP contribution is 2.44. The van der Waals surface area contributed by atoms with Gasteiger partial charge in [-0.1, -0.05) is 34.1 Å². The number of halogens is 7. The van der Waals surface area contributed by atoms with E-state index < -0.39 is 62.8 Å². The number of hydrogen-bond acceptors (Lipinski definition) is 3. The average Bonchev–Trinajstić information content (AvgIpc) is 2.98. The summed E-state index contributed by atoms with van der Waals surface area (Å²) in [5, 5.41) is 1.66. The number of para-hydroxylation sites is 2. The summed E-state index contributed by atoms with van der Waals surface area (Å²) >= 11 is 3.18. The SMILES string of the molecule is Fc1cccc(F)c1[C@H]1[C@@H](Br)N(c2c(F)cccc2F)NN1c1c(F)cccc1F. The van der Waals surface area contributed by atoms with Crippen LogP contribution >= 0.6 is 15.9 Å². The van der Waals surface area contributed by atoms with Crippen molar-refractivity contribution in [2.24, 2.45) is 0 Å². The minimum Gasteiger partial charge on any atom is -0.274 e. The molecule has 0 amide bonds. The van der Waals surface area contributed by atoms with Crippen LogP contribution in [0.4, 0.5) is 37.7 Å². The van der Waals surface area contributed by atoms with E-state index in [-0.39, 0.29) is 0 Å². The van der Waals surface area contributed by atoms with Gasteiger partial charge in [-0.3, -0.25) is 10.0 Å². The van der Waals surface area contributed by atoms with E-state index in [1.165, 1.54) is 0 Å². The number of hydrogen-bond donors (Lipinski definition) is 1. The van der Waals surface area contributed by atoms with Crippen molar-refractivity contribution in [1.29, 1.82) is 0 Å². The average molecular weight is 488 g/mol. The number of rotatable bonds is 3. The lowest BCUT2D eigenvalue weighted by atomic mass is 10.0. The van der Waals surface area contributed by atoms with Gasteiger partial charge in [-0.2, -0.15) is 0 Å². The Morgan fingerprint density at radius 2 is 0.967 bits per heavy atom. The molecular weight excluding hydrogens is 476 g/mol. The zero-order valence-electron chi connectivity index (χ0n) is 14.9. The van der Waals surface area contributed by atoms with E-state index in [0.717, 1.165) is 64.6 Å². The van der Waals surface area contributed by atoms with Crippen molar-refractivity contribution in [2.45, 2.75) is 11.0 Å². The third-order valence-electron chi connectivity index (χ3n) is 4.65. The molecule has 3 nitrogen and oxygen atoms in total. The Labute approximate surface area is 175 Å². The third-order valence-corrected chi connectivity index (χ3v) is 5.56. The Bertz CT molecular complexity index is 1050. The van der Waals surface area contributed by atoms with Crippen LogP contribution in [-0.4, -0.2) is 4.95 Å². The van der Waals surface area contributed by atoms with Crippen molar-refractivity contribution in [3.63, 3.8) is 0 Å². The molecule has 1 N–H and O–H groups in total. The molecule has 0 saturated carbocycles. The van der Waals surface area contributed by atoms with E-state index in [1.807, 2.05) is 0 Å². The molecule has 4 rings (SSSR count). The fraction of sp³-hybridized carbons (Fsp3) is 0.100. The number of alkyl halides is 1. The van der Waals surface area contributed by atoms with Crippen LogP contribution in [0, 0.1) is 34.9 Å². The molecule has 1 fully saturated rings. The Balaban J connectivity index is 1.93. The van der Waals surface area contributed by atoms with Gasteiger partial charge >= 0.3 is 0 Å². The fourth-order valence-electron chi connectivity index (χ4n) is 3.36. The molecule has 1 heterocycles. The maximum Gasteiger partial charge on any atom is 0.150 e. The maximum atomic E-state index is 14.6. The molecule has 3 aromatic rings. The van der Waals surface area contributed by atoms with Crippen LogP contribution in [0.1, 0.15) is 11.6 Å². The Hall–Kier alpha value is -2.72. The summed E-state index contributed by atoms with van der Waals surface area (Å²) in [5.74, 6) is -6.06. The molecule has 0 spiro atoms. The predicted octanol–water partition coefficient (Wildman–Crippen LogP) is 5.73. The topological polar surface area (TPSA) is 18.5 Å². The van der Waals surface area contributed by atoms with E-state index in [4.69, 9.17) is 0 Å². The molecule has 1 aliphatic rings. The van der Waals surface area contributed by atoms with E-state index in [0.29, 0.717) is 0 Å². The summed E-state index contributed by atoms with van der Waals surface area (Å²) in [5.41, 5.74) is 0.649. The molecule has 0 bridgehead atoms. The van der Waals surface area contributed by atoms with Gasteiger partial charge < -0.3 is 0 Å². The molecule has 3 aromatic carbocycles.